The minimum absolute atomic E-state index is 0.126. The van der Waals surface area contributed by atoms with Gasteiger partial charge in [-0.05, 0) is 48.7 Å². The molecule has 7 heteroatoms. The predicted octanol–water partition coefficient (Wildman–Crippen LogP) is 5.94. The smallest absolute Gasteiger partial charge is 0.416 e. The Balaban J connectivity index is 1.65. The molecule has 1 saturated heterocycles. The molecule has 0 spiro atoms. The summed E-state index contributed by atoms with van der Waals surface area (Å²) in [4.78, 5) is 13.2. The zero-order chi connectivity index (χ0) is 23.2. The third-order valence-electron chi connectivity index (χ3n) is 6.35. The van der Waals surface area contributed by atoms with Gasteiger partial charge in [-0.3, -0.25) is 0 Å². The average Bonchev–Trinajstić information content (AvgIpc) is 3.19. The SMILES string of the molecule is Cc1c(C(=O)Oc2ccccc2)c(OCc2ccccc2)c2c(c1C(F)(F)F)C1CCNC21. The summed E-state index contributed by atoms with van der Waals surface area (Å²) in [7, 11) is 0. The highest BCUT2D eigenvalue weighted by molar-refractivity contribution is 5.97. The number of carbonyl (C=O) groups is 1. The molecule has 0 saturated carbocycles. The predicted molar refractivity (Wildman–Crippen MR) is 116 cm³/mol. The van der Waals surface area contributed by atoms with Crippen LogP contribution in [0, 0.1) is 6.92 Å². The van der Waals surface area contributed by atoms with Gasteiger partial charge in [-0.2, -0.15) is 13.2 Å². The van der Waals surface area contributed by atoms with Crippen LogP contribution in [-0.4, -0.2) is 12.5 Å². The number of hydrogen-bond donors (Lipinski definition) is 1. The summed E-state index contributed by atoms with van der Waals surface area (Å²) >= 11 is 0. The summed E-state index contributed by atoms with van der Waals surface area (Å²) in [6.07, 6.45) is -3.98. The molecule has 2 unspecified atom stereocenters. The largest absolute Gasteiger partial charge is 0.488 e. The van der Waals surface area contributed by atoms with Crippen LogP contribution in [0.5, 0.6) is 11.5 Å². The molecule has 4 nitrogen and oxygen atoms in total. The van der Waals surface area contributed by atoms with Crippen molar-refractivity contribution in [3.05, 3.63) is 94.0 Å². The molecule has 0 amide bonds. The van der Waals surface area contributed by atoms with E-state index in [9.17, 15) is 18.0 Å². The minimum Gasteiger partial charge on any atom is -0.488 e. The highest BCUT2D eigenvalue weighted by Gasteiger charge is 2.52. The van der Waals surface area contributed by atoms with Crippen LogP contribution in [0.25, 0.3) is 0 Å². The molecule has 1 aliphatic carbocycles. The van der Waals surface area contributed by atoms with Crippen molar-refractivity contribution in [1.29, 1.82) is 0 Å². The summed E-state index contributed by atoms with van der Waals surface area (Å²) in [6.45, 7) is 2.07. The van der Waals surface area contributed by atoms with E-state index in [4.69, 9.17) is 9.47 Å². The van der Waals surface area contributed by atoms with Gasteiger partial charge in [0.25, 0.3) is 0 Å². The van der Waals surface area contributed by atoms with Crippen molar-refractivity contribution >= 4 is 5.97 Å². The van der Waals surface area contributed by atoms with E-state index >= 15 is 0 Å². The van der Waals surface area contributed by atoms with E-state index in [-0.39, 0.29) is 46.8 Å². The molecule has 2 aliphatic rings. The quantitative estimate of drug-likeness (QED) is 0.384. The van der Waals surface area contributed by atoms with E-state index < -0.39 is 17.7 Å². The molecule has 1 heterocycles. The summed E-state index contributed by atoms with van der Waals surface area (Å²) in [6, 6.07) is 17.3. The van der Waals surface area contributed by atoms with E-state index in [1.165, 1.54) is 6.92 Å². The molecule has 5 rings (SSSR count). The van der Waals surface area contributed by atoms with Gasteiger partial charge in [-0.1, -0.05) is 48.5 Å². The second kappa shape index (κ2) is 8.23. The Morgan fingerprint density at radius 1 is 1.03 bits per heavy atom. The number of carbonyl (C=O) groups excluding carboxylic acids is 1. The molecule has 0 radical (unpaired) electrons. The summed E-state index contributed by atoms with van der Waals surface area (Å²) in [5.74, 6) is -0.676. The van der Waals surface area contributed by atoms with Crippen molar-refractivity contribution in [3.8, 4) is 11.5 Å². The van der Waals surface area contributed by atoms with Crippen LogP contribution < -0.4 is 14.8 Å². The first-order chi connectivity index (χ1) is 15.9. The van der Waals surface area contributed by atoms with Crippen molar-refractivity contribution in [2.75, 3.05) is 6.54 Å². The zero-order valence-electron chi connectivity index (χ0n) is 17.9. The van der Waals surface area contributed by atoms with E-state index in [1.54, 1.807) is 30.3 Å². The maximum Gasteiger partial charge on any atom is 0.416 e. The number of esters is 1. The lowest BCUT2D eigenvalue weighted by atomic mass is 9.68. The molecule has 3 aromatic carbocycles. The summed E-state index contributed by atoms with van der Waals surface area (Å²) in [5, 5.41) is 3.27. The second-order valence-corrected chi connectivity index (χ2v) is 8.33. The Hall–Kier alpha value is -3.32. The van der Waals surface area contributed by atoms with Gasteiger partial charge in [-0.15, -0.1) is 0 Å². The number of para-hydroxylation sites is 1. The lowest BCUT2D eigenvalue weighted by Crippen LogP contribution is -2.34. The molecule has 0 bridgehead atoms. The molecule has 1 N–H and O–H groups in total. The minimum atomic E-state index is -4.60. The van der Waals surface area contributed by atoms with Gasteiger partial charge in [0.2, 0.25) is 0 Å². The van der Waals surface area contributed by atoms with Crippen molar-refractivity contribution in [2.24, 2.45) is 0 Å². The van der Waals surface area contributed by atoms with Gasteiger partial charge in [0.15, 0.2) is 0 Å². The lowest BCUT2D eigenvalue weighted by molar-refractivity contribution is -0.139. The number of nitrogens with one attached hydrogen (secondary N) is 1. The Labute approximate surface area is 189 Å². The van der Waals surface area contributed by atoms with Crippen molar-refractivity contribution in [1.82, 2.24) is 5.32 Å². The summed E-state index contributed by atoms with van der Waals surface area (Å²) in [5.41, 5.74) is 0.445. The number of ether oxygens (including phenoxy) is 2. The first-order valence-corrected chi connectivity index (χ1v) is 10.8. The van der Waals surface area contributed by atoms with Crippen LogP contribution in [0.1, 0.15) is 56.6 Å². The molecule has 1 fully saturated rings. The van der Waals surface area contributed by atoms with Gasteiger partial charge in [0.1, 0.15) is 23.7 Å². The van der Waals surface area contributed by atoms with Crippen LogP contribution in [0.3, 0.4) is 0 Å². The number of rotatable bonds is 5. The van der Waals surface area contributed by atoms with Crippen molar-refractivity contribution < 1.29 is 27.4 Å². The Morgan fingerprint density at radius 2 is 1.70 bits per heavy atom. The van der Waals surface area contributed by atoms with Crippen molar-refractivity contribution in [3.63, 3.8) is 0 Å². The van der Waals surface area contributed by atoms with Crippen LogP contribution in [-0.2, 0) is 12.8 Å². The Bertz CT molecular complexity index is 1190. The maximum atomic E-state index is 14.2. The zero-order valence-corrected chi connectivity index (χ0v) is 17.9. The third-order valence-corrected chi connectivity index (χ3v) is 6.35. The molecule has 0 aromatic heterocycles. The molecular formula is C26H22F3NO3. The van der Waals surface area contributed by atoms with Crippen LogP contribution in [0.4, 0.5) is 13.2 Å². The first-order valence-electron chi connectivity index (χ1n) is 10.8. The van der Waals surface area contributed by atoms with E-state index in [1.807, 2.05) is 30.3 Å². The molecule has 2 atom stereocenters. The van der Waals surface area contributed by atoms with E-state index in [0.717, 1.165) is 5.56 Å². The van der Waals surface area contributed by atoms with Crippen LogP contribution >= 0.6 is 0 Å². The fraction of sp³-hybridized carbons (Fsp3) is 0.269. The van der Waals surface area contributed by atoms with Gasteiger partial charge < -0.3 is 14.8 Å². The van der Waals surface area contributed by atoms with E-state index in [2.05, 4.69) is 5.32 Å². The maximum absolute atomic E-state index is 14.2. The third kappa shape index (κ3) is 3.76. The first kappa shape index (κ1) is 21.5. The van der Waals surface area contributed by atoms with Gasteiger partial charge in [0.05, 0.1) is 5.56 Å². The average molecular weight is 453 g/mol. The highest BCUT2D eigenvalue weighted by atomic mass is 19.4. The van der Waals surface area contributed by atoms with Crippen LogP contribution in [0.2, 0.25) is 0 Å². The Morgan fingerprint density at radius 3 is 2.36 bits per heavy atom. The molecule has 170 valence electrons. The second-order valence-electron chi connectivity index (χ2n) is 8.33. The number of hydrogen-bond acceptors (Lipinski definition) is 4. The Kier molecular flexibility index (Phi) is 5.37. The molecular weight excluding hydrogens is 431 g/mol. The van der Waals surface area contributed by atoms with E-state index in [0.29, 0.717) is 18.5 Å². The topological polar surface area (TPSA) is 47.6 Å². The molecule has 3 aromatic rings. The molecule has 1 aliphatic heterocycles. The monoisotopic (exact) mass is 453 g/mol. The fourth-order valence-electron chi connectivity index (χ4n) is 4.94. The highest BCUT2D eigenvalue weighted by Crippen LogP contribution is 2.59. The number of halogens is 3. The van der Waals surface area contributed by atoms with Crippen LogP contribution in [0.15, 0.2) is 60.7 Å². The van der Waals surface area contributed by atoms with Gasteiger partial charge in [-0.25, -0.2) is 4.79 Å². The van der Waals surface area contributed by atoms with Gasteiger partial charge in [0, 0.05) is 17.5 Å². The molecule has 33 heavy (non-hydrogen) atoms. The lowest BCUT2D eigenvalue weighted by Gasteiger charge is -2.40. The van der Waals surface area contributed by atoms with Crippen molar-refractivity contribution in [2.45, 2.75) is 38.1 Å². The summed E-state index contributed by atoms with van der Waals surface area (Å²) < 4.78 is 54.2. The normalized spacial score (nSPS) is 18.8. The fourth-order valence-corrected chi connectivity index (χ4v) is 4.94. The number of benzene rings is 3. The van der Waals surface area contributed by atoms with Gasteiger partial charge >= 0.3 is 12.1 Å². The standard InChI is InChI=1S/C26H22F3NO3/c1-15-19(25(31)33-17-10-6-3-7-11-17)24(32-14-16-8-4-2-5-9-16)21-20(22(15)26(27,28)29)18-12-13-30-23(18)21/h2-11,18,23,30H,12-14H2,1H3. The number of alkyl halides is 3. The number of fused-ring (bicyclic) bond motifs is 4.